The summed E-state index contributed by atoms with van der Waals surface area (Å²) in [6.45, 7) is 24.8. The Morgan fingerprint density at radius 1 is 0.393 bits per heavy atom. The highest BCUT2D eigenvalue weighted by Crippen LogP contribution is 2.37. The van der Waals surface area contributed by atoms with Gasteiger partial charge in [0.15, 0.2) is 10.8 Å². The van der Waals surface area contributed by atoms with Crippen molar-refractivity contribution >= 4 is 114 Å². The first-order chi connectivity index (χ1) is 70.9. The molecule has 0 radical (unpaired) electrons. The zero-order valence-corrected chi connectivity index (χ0v) is 88.4. The maximum Gasteiger partial charge on any atom is 0.367 e. The maximum absolute atomic E-state index is 14.3. The van der Waals surface area contributed by atoms with Crippen LogP contribution in [0.2, 0.25) is 0 Å². The Kier molecular flexibility index (Phi) is 51.3. The highest BCUT2D eigenvalue weighted by Gasteiger charge is 2.33. The molecule has 8 unspecified atom stereocenters. The Morgan fingerprint density at radius 3 is 0.940 bits per heavy atom. The lowest BCUT2D eigenvalue weighted by atomic mass is 9.88. The third-order valence-electron chi connectivity index (χ3n) is 22.4. The number of benzene rings is 13. The zero-order chi connectivity index (χ0) is 112. The van der Waals surface area contributed by atoms with Crippen molar-refractivity contribution in [2.75, 3.05) is 54.1 Å². The van der Waals surface area contributed by atoms with E-state index in [1.54, 1.807) is 107 Å². The van der Waals surface area contributed by atoms with E-state index in [9.17, 15) is 88.0 Å². The summed E-state index contributed by atoms with van der Waals surface area (Å²) in [7, 11) is -7.21. The van der Waals surface area contributed by atoms with Crippen LogP contribution >= 0.6 is 23.2 Å². The molecule has 28 nitrogen and oxygen atoms in total. The lowest BCUT2D eigenvalue weighted by Crippen LogP contribution is -2.57. The fourth-order valence-electron chi connectivity index (χ4n) is 14.7. The first-order valence-electron chi connectivity index (χ1n) is 46.5. The van der Waals surface area contributed by atoms with Gasteiger partial charge in [0.05, 0.1) is 67.0 Å². The summed E-state index contributed by atoms with van der Waals surface area (Å²) < 4.78 is 125. The van der Waals surface area contributed by atoms with Gasteiger partial charge in [0.1, 0.15) is 53.5 Å². The number of aryl methyl sites for hydroxylation is 9. The van der Waals surface area contributed by atoms with Crippen molar-refractivity contribution in [3.8, 4) is 6.07 Å². The monoisotopic (exact) mass is 2130 g/mol. The van der Waals surface area contributed by atoms with Gasteiger partial charge in [-0.25, -0.2) is 34.8 Å². The number of aliphatic carboxylic acids is 3. The molecule has 0 heterocycles. The van der Waals surface area contributed by atoms with Crippen molar-refractivity contribution in [2.24, 2.45) is 5.73 Å². The van der Waals surface area contributed by atoms with Gasteiger partial charge in [-0.1, -0.05) is 243 Å². The molecule has 0 aliphatic rings. The highest BCUT2D eigenvalue weighted by atomic mass is 35.5. The number of alkyl halides is 2. The standard InChI is InChI=1S/C18H20FNO4S.C17H16FNO4.C17H18FNO2.C16H16FNO4S.C11H13ClO2.C9H9ClO2.C9H10N2.C9H11NO2.C8H8O/c1-4-24-18(21)17(14-8-6-5-7-12(14)2)13-9-10-16(15(19)11-13)20-25(3,22)23;1-3-23-17(20)16(13-7-5-4-6-11(13)2)12-8-9-15(19(21)22)14(18)10-12;1-3-21-17(20)16(13-7-5-4-6-11(13)2)12-8-9-15(19)14(18)10-12;1-10-5-3-4-6-12(10)15(16(19)20)11-7-8-14(13(17)9-11)18-23(2,21)22;1-3-14-11(13)10(12)9-7-5-4-6-8(9)2;1-6-4-2-3-5-7(6)8(10)9(11)12;1-7-4-2-3-5-8(7)9(11)6-10;1-6-4-2-3-5-7(6)8(10)9(11)12;1-7-4-2-3-5-8(7)6-9/h5-11,17,20H,4H2,1-3H3;4-10,16H,3H2,1-2H3;4-10,16H,3,19H2,1-2H3;3-9,15,18H,1-2H3,(H,19,20);4-7,10H,3H2,1-2H3;2-5,8H,1H3,(H,11,12);2-5,9H,11H2,1H3;2-5,8H,10H2,1H3,(H,11,12);2-6H,1H3/p+1. The van der Waals surface area contributed by atoms with Gasteiger partial charge in [-0.3, -0.25) is 53.1 Å². The van der Waals surface area contributed by atoms with Gasteiger partial charge in [0, 0.05) is 17.2 Å². The van der Waals surface area contributed by atoms with Crippen LogP contribution < -0.4 is 26.6 Å². The SMILES string of the molecule is CCOC(=O)C(Cl)c1ccccc1C.CCOC(=O)C(c1ccc(N)c(F)c1)c1ccccc1C.CCOC(=O)C(c1ccc(NS(C)(=O)=O)c(F)c1)c1ccccc1C.CCOC(=O)C(c1ccc([N+](=O)[O-])c(F)c1)c1ccccc1C.Cc1ccccc1C(C(=O)O)c1ccc(NS(C)(=O)=O)c(F)c1.Cc1ccccc1C(Cl)C(=O)O.Cc1ccccc1C(N)C#N.Cc1ccccc1C([NH3+])C(=O)O.Cc1ccccc1C=O. The predicted octanol–water partition coefficient (Wildman–Crippen LogP) is 22.0. The Morgan fingerprint density at radius 2 is 0.667 bits per heavy atom. The van der Waals surface area contributed by atoms with E-state index in [0.717, 1.165) is 121 Å². The van der Waals surface area contributed by atoms with Crippen LogP contribution in [-0.4, -0.2) is 124 Å². The molecule has 0 saturated carbocycles. The fourth-order valence-corrected chi connectivity index (χ4v) is 16.4. The number of nitro groups is 1. The number of nitrogens with one attached hydrogen (secondary N) is 2. The van der Waals surface area contributed by atoms with E-state index in [1.807, 2.05) is 218 Å². The van der Waals surface area contributed by atoms with Crippen LogP contribution in [0.15, 0.2) is 291 Å². The van der Waals surface area contributed by atoms with E-state index in [2.05, 4.69) is 10.5 Å². The second-order valence-corrected chi connectivity index (χ2v) is 37.8. The number of sulfonamides is 2. The lowest BCUT2D eigenvalue weighted by Gasteiger charge is -2.19. The molecule has 0 bridgehead atoms. The molecule has 150 heavy (non-hydrogen) atoms. The number of carboxylic acids is 3. The summed E-state index contributed by atoms with van der Waals surface area (Å²) in [5.41, 5.74) is 30.3. The van der Waals surface area contributed by atoms with E-state index in [4.69, 9.17) is 69.1 Å². The lowest BCUT2D eigenvalue weighted by molar-refractivity contribution is -0.413. The number of nitrogens with two attached hydrogens (primary N) is 2. The Balaban J connectivity index is 0.000000302. The molecule has 13 aromatic rings. The maximum atomic E-state index is 14.3. The molecular weight excluding hydrogens is 2010 g/mol. The number of nitrogen functional groups attached to an aromatic ring is 1. The Hall–Kier alpha value is -15.8. The molecule has 12 N–H and O–H groups in total. The normalized spacial score (nSPS) is 12.1. The number of nitriles is 1. The zero-order valence-electron chi connectivity index (χ0n) is 85.3. The number of rotatable bonds is 29. The molecule has 36 heteroatoms. The van der Waals surface area contributed by atoms with Gasteiger partial charge in [0.25, 0.3) is 0 Å². The number of nitrogens with zero attached hydrogens (tertiary/aromatic N) is 2. The third kappa shape index (κ3) is 39.1. The number of aldehydes is 1. The summed E-state index contributed by atoms with van der Waals surface area (Å²) in [6, 6.07) is 82.6. The van der Waals surface area contributed by atoms with Gasteiger partial charge >= 0.3 is 47.5 Å². The average molecular weight is 2140 g/mol. The van der Waals surface area contributed by atoms with Crippen molar-refractivity contribution in [3.05, 3.63) is 447 Å². The van der Waals surface area contributed by atoms with Crippen LogP contribution in [0.1, 0.15) is 201 Å². The van der Waals surface area contributed by atoms with Crippen LogP contribution in [0.5, 0.6) is 0 Å². The minimum Gasteiger partial charge on any atom is -0.481 e. The number of halogens is 6. The van der Waals surface area contributed by atoms with Crippen molar-refractivity contribution in [2.45, 2.75) is 137 Å². The van der Waals surface area contributed by atoms with Crippen LogP contribution in [-0.2, 0) is 72.6 Å². The molecular formula is C114H122Cl2F4N7O21S2+. The molecule has 0 amide bonds. The summed E-state index contributed by atoms with van der Waals surface area (Å²) in [5.74, 6) is -11.2. The second kappa shape index (κ2) is 61.7. The molecule has 792 valence electrons. The molecule has 0 fully saturated rings. The van der Waals surface area contributed by atoms with Crippen LogP contribution in [0.4, 0.5) is 40.3 Å². The Labute approximate surface area is 880 Å². The number of carboxylic acid groups (broad SMARTS) is 3. The summed E-state index contributed by atoms with van der Waals surface area (Å²) in [4.78, 5) is 101. The van der Waals surface area contributed by atoms with E-state index >= 15 is 0 Å². The molecule has 13 aromatic carbocycles. The van der Waals surface area contributed by atoms with Crippen molar-refractivity contribution in [1.29, 1.82) is 5.26 Å². The van der Waals surface area contributed by atoms with E-state index in [0.29, 0.717) is 45.6 Å². The molecule has 0 spiro atoms. The van der Waals surface area contributed by atoms with Crippen LogP contribution in [0, 0.1) is 107 Å². The topological polar surface area (TPSA) is 473 Å². The smallest absolute Gasteiger partial charge is 0.367 e. The van der Waals surface area contributed by atoms with E-state index in [-0.39, 0.29) is 48.4 Å². The number of nitro benzene ring substituents is 1. The number of carbonyl (C=O) groups excluding carboxylic acids is 5. The summed E-state index contributed by atoms with van der Waals surface area (Å²) in [5, 5.41) is 44.5. The van der Waals surface area contributed by atoms with Gasteiger partial charge in [0.2, 0.25) is 31.9 Å². The number of anilines is 3. The summed E-state index contributed by atoms with van der Waals surface area (Å²) in [6.07, 6.45) is 2.72. The quantitative estimate of drug-likeness (QED) is 0.00315. The summed E-state index contributed by atoms with van der Waals surface area (Å²) >= 11 is 11.6. The van der Waals surface area contributed by atoms with Crippen LogP contribution in [0.3, 0.4) is 0 Å². The van der Waals surface area contributed by atoms with Crippen molar-refractivity contribution < 1.29 is 118 Å². The second-order valence-electron chi connectivity index (χ2n) is 33.4. The molecule has 8 atom stereocenters. The number of hydrogen-bond donors (Lipinski definition) is 8. The largest absolute Gasteiger partial charge is 0.481 e. The molecule has 0 aromatic heterocycles. The van der Waals surface area contributed by atoms with E-state index < -0.39 is 136 Å². The van der Waals surface area contributed by atoms with Crippen molar-refractivity contribution in [3.63, 3.8) is 0 Å². The first-order valence-corrected chi connectivity index (χ1v) is 51.2. The number of quaternary nitrogens is 1. The van der Waals surface area contributed by atoms with Gasteiger partial charge in [-0.05, 0) is 244 Å². The number of ether oxygens (including phenoxy) is 4. The fraction of sp³-hybridized carbons (Fsp3) is 0.237. The van der Waals surface area contributed by atoms with Crippen molar-refractivity contribution in [1.82, 2.24) is 0 Å². The molecule has 0 aliphatic carbocycles. The molecule has 0 saturated heterocycles. The molecule has 13 rings (SSSR count). The minimum atomic E-state index is -3.61. The molecule has 0 aliphatic heterocycles. The Bertz CT molecular complexity index is 7040. The average Bonchev–Trinajstić information content (AvgIpc) is 0.864. The highest BCUT2D eigenvalue weighted by molar-refractivity contribution is 7.92. The number of carbonyl (C=O) groups is 8. The van der Waals surface area contributed by atoms with E-state index in [1.165, 1.54) is 42.5 Å². The first kappa shape index (κ1) is 125. The van der Waals surface area contributed by atoms with Gasteiger partial charge < -0.3 is 51.5 Å². The third-order valence-corrected chi connectivity index (χ3v) is 24.4. The predicted molar refractivity (Wildman–Crippen MR) is 572 cm³/mol. The number of hydrogen-bond acceptors (Lipinski definition) is 21. The minimum absolute atomic E-state index is 0.0612. The van der Waals surface area contributed by atoms with Gasteiger partial charge in [-0.15, -0.1) is 23.2 Å². The van der Waals surface area contributed by atoms with Crippen LogP contribution in [0.25, 0.3) is 0 Å². The van der Waals surface area contributed by atoms with Gasteiger partial charge in [-0.2, -0.15) is 9.65 Å². The number of esters is 4.